The molecule has 0 amide bonds. The van der Waals surface area contributed by atoms with Crippen molar-refractivity contribution >= 4 is 5.97 Å². The van der Waals surface area contributed by atoms with E-state index in [4.69, 9.17) is 14.2 Å². The van der Waals surface area contributed by atoms with Gasteiger partial charge in [-0.2, -0.15) is 4.39 Å². The zero-order chi connectivity index (χ0) is 21.7. The van der Waals surface area contributed by atoms with E-state index in [-0.39, 0.29) is 13.0 Å². The van der Waals surface area contributed by atoms with Crippen LogP contribution in [-0.2, 0) is 19.0 Å². The molecule has 11 nitrogen and oxygen atoms in total. The SMILES string of the molecule is O=C(CCCCN1CCOCC1)OC[C@H]1O[C@@H](n2cc(F)c(=O)[nH]c2=O)[C@H](O)[C@@H]1O. The van der Waals surface area contributed by atoms with Crippen molar-refractivity contribution in [1.82, 2.24) is 14.5 Å². The number of esters is 1. The molecule has 1 aromatic rings. The molecular formula is C18H26FN3O8. The van der Waals surface area contributed by atoms with E-state index >= 15 is 0 Å². The number of hydrogen-bond donors (Lipinski definition) is 3. The van der Waals surface area contributed by atoms with Crippen molar-refractivity contribution in [3.8, 4) is 0 Å². The minimum absolute atomic E-state index is 0.198. The zero-order valence-electron chi connectivity index (χ0n) is 16.4. The molecule has 0 saturated carbocycles. The average Bonchev–Trinajstić information content (AvgIpc) is 3.01. The highest BCUT2D eigenvalue weighted by atomic mass is 19.1. The number of hydrogen-bond acceptors (Lipinski definition) is 9. The van der Waals surface area contributed by atoms with Crippen LogP contribution in [0.5, 0.6) is 0 Å². The second-order valence-corrected chi connectivity index (χ2v) is 7.28. The fraction of sp³-hybridized carbons (Fsp3) is 0.722. The van der Waals surface area contributed by atoms with Crippen LogP contribution >= 0.6 is 0 Å². The van der Waals surface area contributed by atoms with Crippen LogP contribution in [0.2, 0.25) is 0 Å². The van der Waals surface area contributed by atoms with Gasteiger partial charge < -0.3 is 24.4 Å². The van der Waals surface area contributed by atoms with Crippen molar-refractivity contribution in [2.75, 3.05) is 39.5 Å². The summed E-state index contributed by atoms with van der Waals surface area (Å²) in [6.45, 7) is 3.74. The number of H-pyrrole nitrogens is 1. The summed E-state index contributed by atoms with van der Waals surface area (Å²) in [6.07, 6.45) is -3.33. The van der Waals surface area contributed by atoms with Crippen LogP contribution in [0.3, 0.4) is 0 Å². The van der Waals surface area contributed by atoms with E-state index in [2.05, 4.69) is 4.90 Å². The largest absolute Gasteiger partial charge is 0.463 e. The molecule has 1 aromatic heterocycles. The molecule has 0 spiro atoms. The van der Waals surface area contributed by atoms with E-state index in [1.165, 1.54) is 0 Å². The summed E-state index contributed by atoms with van der Waals surface area (Å²) in [7, 11) is 0. The number of unbranched alkanes of at least 4 members (excludes halogenated alkanes) is 1. The summed E-state index contributed by atoms with van der Waals surface area (Å²) in [4.78, 5) is 38.9. The lowest BCUT2D eigenvalue weighted by molar-refractivity contribution is -0.150. The van der Waals surface area contributed by atoms with E-state index in [0.717, 1.165) is 39.3 Å². The summed E-state index contributed by atoms with van der Waals surface area (Å²) >= 11 is 0. The Hall–Kier alpha value is -2.12. The van der Waals surface area contributed by atoms with Crippen molar-refractivity contribution in [3.05, 3.63) is 32.9 Å². The van der Waals surface area contributed by atoms with Gasteiger partial charge in [0.25, 0.3) is 5.56 Å². The molecule has 0 radical (unpaired) electrons. The highest BCUT2D eigenvalue weighted by Gasteiger charge is 2.44. The Morgan fingerprint density at radius 3 is 2.70 bits per heavy atom. The maximum Gasteiger partial charge on any atom is 0.330 e. The van der Waals surface area contributed by atoms with Crippen LogP contribution in [0.1, 0.15) is 25.5 Å². The summed E-state index contributed by atoms with van der Waals surface area (Å²) in [5, 5.41) is 20.2. The first kappa shape index (κ1) is 22.6. The van der Waals surface area contributed by atoms with Gasteiger partial charge in [-0.1, -0.05) is 0 Å². The average molecular weight is 431 g/mol. The number of halogens is 1. The second kappa shape index (κ2) is 10.3. The summed E-state index contributed by atoms with van der Waals surface area (Å²) in [5.74, 6) is -1.72. The van der Waals surface area contributed by atoms with Crippen molar-refractivity contribution in [1.29, 1.82) is 0 Å². The van der Waals surface area contributed by atoms with Gasteiger partial charge >= 0.3 is 11.7 Å². The van der Waals surface area contributed by atoms with Gasteiger partial charge in [0.05, 0.1) is 19.4 Å². The molecular weight excluding hydrogens is 405 g/mol. The van der Waals surface area contributed by atoms with Crippen molar-refractivity contribution in [2.45, 2.75) is 43.8 Å². The molecule has 30 heavy (non-hydrogen) atoms. The van der Waals surface area contributed by atoms with Gasteiger partial charge in [0.2, 0.25) is 5.82 Å². The maximum atomic E-state index is 13.5. The summed E-state index contributed by atoms with van der Waals surface area (Å²) in [6, 6.07) is 0. The Morgan fingerprint density at radius 1 is 1.23 bits per heavy atom. The third kappa shape index (κ3) is 5.52. The Morgan fingerprint density at radius 2 is 1.97 bits per heavy atom. The van der Waals surface area contributed by atoms with Crippen LogP contribution in [0.15, 0.2) is 15.8 Å². The smallest absolute Gasteiger partial charge is 0.330 e. The van der Waals surface area contributed by atoms with Gasteiger partial charge in [-0.15, -0.1) is 0 Å². The van der Waals surface area contributed by atoms with Gasteiger partial charge in [0.1, 0.15) is 24.9 Å². The fourth-order valence-corrected chi connectivity index (χ4v) is 3.42. The molecule has 0 bridgehead atoms. The minimum atomic E-state index is -1.58. The summed E-state index contributed by atoms with van der Waals surface area (Å²) in [5.41, 5.74) is -2.21. The number of carbonyl (C=O) groups excluding carboxylic acids is 1. The zero-order valence-corrected chi connectivity index (χ0v) is 16.4. The lowest BCUT2D eigenvalue weighted by atomic mass is 10.1. The Labute approximate surface area is 171 Å². The van der Waals surface area contributed by atoms with Crippen LogP contribution in [0.25, 0.3) is 0 Å². The number of ether oxygens (including phenoxy) is 3. The van der Waals surface area contributed by atoms with Gasteiger partial charge in [-0.3, -0.25) is 24.0 Å². The molecule has 2 saturated heterocycles. The normalized spacial score (nSPS) is 27.3. The first-order chi connectivity index (χ1) is 14.4. The lowest BCUT2D eigenvalue weighted by Crippen LogP contribution is -2.38. The standard InChI is InChI=1S/C18H26FN3O8/c19-11-9-22(18(27)20-16(11)26)17-15(25)14(24)12(30-17)10-29-13(23)3-1-2-4-21-5-7-28-8-6-21/h9,12,14-15,17,24-25H,1-8,10H2,(H,20,26,27)/t12-,14-,15-,17-/m1/s1. The Bertz CT molecular complexity index is 837. The van der Waals surface area contributed by atoms with E-state index in [1.807, 2.05) is 0 Å². The van der Waals surface area contributed by atoms with Crippen LogP contribution in [-0.4, -0.2) is 88.4 Å². The van der Waals surface area contributed by atoms with Crippen LogP contribution in [0.4, 0.5) is 4.39 Å². The van der Waals surface area contributed by atoms with E-state index in [9.17, 15) is 29.0 Å². The molecule has 4 atom stereocenters. The number of morpholine rings is 1. The highest BCUT2D eigenvalue weighted by Crippen LogP contribution is 2.28. The number of aromatic amines is 1. The topological polar surface area (TPSA) is 143 Å². The monoisotopic (exact) mass is 431 g/mol. The van der Waals surface area contributed by atoms with Gasteiger partial charge in [-0.05, 0) is 19.4 Å². The third-order valence-corrected chi connectivity index (χ3v) is 5.15. The van der Waals surface area contributed by atoms with Crippen molar-refractivity contribution < 1.29 is 33.6 Å². The number of rotatable bonds is 8. The summed E-state index contributed by atoms with van der Waals surface area (Å²) < 4.78 is 29.9. The first-order valence-electron chi connectivity index (χ1n) is 9.85. The van der Waals surface area contributed by atoms with Gasteiger partial charge in [-0.25, -0.2) is 4.79 Å². The third-order valence-electron chi connectivity index (χ3n) is 5.15. The molecule has 3 N–H and O–H groups in total. The fourth-order valence-electron chi connectivity index (χ4n) is 3.42. The van der Waals surface area contributed by atoms with Crippen molar-refractivity contribution in [2.24, 2.45) is 0 Å². The minimum Gasteiger partial charge on any atom is -0.463 e. The van der Waals surface area contributed by atoms with Gasteiger partial charge in [0.15, 0.2) is 6.23 Å². The van der Waals surface area contributed by atoms with E-state index < -0.39 is 47.6 Å². The molecule has 2 aliphatic rings. The second-order valence-electron chi connectivity index (χ2n) is 7.28. The number of carbonyl (C=O) groups is 1. The van der Waals surface area contributed by atoms with Gasteiger partial charge in [0, 0.05) is 19.5 Å². The molecule has 0 aliphatic carbocycles. The number of aromatic nitrogens is 2. The number of nitrogens with zero attached hydrogens (tertiary/aromatic N) is 2. The lowest BCUT2D eigenvalue weighted by Gasteiger charge is -2.26. The Balaban J connectivity index is 1.44. The van der Waals surface area contributed by atoms with E-state index in [1.54, 1.807) is 4.98 Å². The molecule has 2 fully saturated rings. The molecule has 3 heterocycles. The molecule has 0 unspecified atom stereocenters. The maximum absolute atomic E-state index is 13.5. The molecule has 3 rings (SSSR count). The van der Waals surface area contributed by atoms with E-state index in [0.29, 0.717) is 17.2 Å². The first-order valence-corrected chi connectivity index (χ1v) is 9.85. The molecule has 0 aromatic carbocycles. The molecule has 12 heteroatoms. The molecule has 168 valence electrons. The number of aliphatic hydroxyl groups excluding tert-OH is 2. The van der Waals surface area contributed by atoms with Crippen molar-refractivity contribution in [3.63, 3.8) is 0 Å². The number of aliphatic hydroxyl groups is 2. The van der Waals surface area contributed by atoms with Crippen LogP contribution < -0.4 is 11.2 Å². The van der Waals surface area contributed by atoms with Crippen LogP contribution in [0, 0.1) is 5.82 Å². The quantitative estimate of drug-likeness (QED) is 0.325. The number of nitrogens with one attached hydrogen (secondary N) is 1. The predicted molar refractivity (Wildman–Crippen MR) is 99.3 cm³/mol. The Kier molecular flexibility index (Phi) is 7.72. The highest BCUT2D eigenvalue weighted by molar-refractivity contribution is 5.69. The predicted octanol–water partition coefficient (Wildman–Crippen LogP) is -1.66. The molecule has 2 aliphatic heterocycles.